The van der Waals surface area contributed by atoms with Crippen molar-refractivity contribution in [2.45, 2.75) is 77.6 Å². The Morgan fingerprint density at radius 3 is 2.23 bits per heavy atom. The van der Waals surface area contributed by atoms with Crippen molar-refractivity contribution in [1.82, 2.24) is 0 Å². The molecule has 0 spiro atoms. The Hall–Kier alpha value is -0.490. The van der Waals surface area contributed by atoms with Crippen LogP contribution in [0, 0.1) is 17.8 Å². The lowest BCUT2D eigenvalue weighted by Gasteiger charge is -2.36. The highest BCUT2D eigenvalue weighted by Gasteiger charge is 2.28. The Morgan fingerprint density at radius 2 is 1.59 bits per heavy atom. The van der Waals surface area contributed by atoms with Gasteiger partial charge in [0.2, 0.25) is 0 Å². The van der Waals surface area contributed by atoms with Gasteiger partial charge in [0.05, 0.1) is 0 Å². The number of halogens is 1. The maximum Gasteiger partial charge on any atom is 0.0363 e. The van der Waals surface area contributed by atoms with Crippen LogP contribution in [0.15, 0.2) is 35.4 Å². The Labute approximate surface area is 142 Å². The van der Waals surface area contributed by atoms with Gasteiger partial charge in [-0.05, 0) is 56.4 Å². The fourth-order valence-electron chi connectivity index (χ4n) is 4.32. The zero-order valence-corrected chi connectivity index (χ0v) is 15.1. The Balaban J connectivity index is 1.65. The quantitative estimate of drug-likeness (QED) is 0.447. The first-order valence-electron chi connectivity index (χ1n) is 9.36. The molecule has 0 N–H and O–H groups in total. The fourth-order valence-corrected chi connectivity index (χ4v) is 4.38. The normalized spacial score (nSPS) is 28.2. The highest BCUT2D eigenvalue weighted by molar-refractivity contribution is 6.31. The van der Waals surface area contributed by atoms with E-state index < -0.39 is 0 Å². The Kier molecular flexibility index (Phi) is 7.80. The average molecular weight is 321 g/mol. The van der Waals surface area contributed by atoms with Crippen molar-refractivity contribution in [1.29, 1.82) is 0 Å². The van der Waals surface area contributed by atoms with Crippen LogP contribution in [0.2, 0.25) is 0 Å². The van der Waals surface area contributed by atoms with Crippen LogP contribution < -0.4 is 0 Å². The zero-order chi connectivity index (χ0) is 15.8. The lowest BCUT2D eigenvalue weighted by molar-refractivity contribution is 0.164. The summed E-state index contributed by atoms with van der Waals surface area (Å²) < 4.78 is 0. The van der Waals surface area contributed by atoms with Crippen molar-refractivity contribution in [2.75, 3.05) is 0 Å². The molecule has 0 aliphatic heterocycles. The number of hydrogen-bond donors (Lipinski definition) is 0. The molecule has 0 nitrogen and oxygen atoms in total. The summed E-state index contributed by atoms with van der Waals surface area (Å²) in [6, 6.07) is 0. The second-order valence-electron chi connectivity index (χ2n) is 7.38. The molecule has 2 aliphatic carbocycles. The third-order valence-electron chi connectivity index (χ3n) is 5.84. The minimum atomic E-state index is 0.800. The second-order valence-corrected chi connectivity index (χ2v) is 7.82. The van der Waals surface area contributed by atoms with Crippen LogP contribution >= 0.6 is 11.6 Å². The molecule has 124 valence electrons. The molecule has 0 radical (unpaired) electrons. The summed E-state index contributed by atoms with van der Waals surface area (Å²) in [5, 5.41) is 0.800. The minimum Gasteiger partial charge on any atom is -0.0958 e. The van der Waals surface area contributed by atoms with Crippen molar-refractivity contribution in [3.8, 4) is 0 Å². The van der Waals surface area contributed by atoms with Crippen molar-refractivity contribution < 1.29 is 0 Å². The molecule has 1 heteroatoms. The summed E-state index contributed by atoms with van der Waals surface area (Å²) in [6.45, 7) is 6.12. The maximum atomic E-state index is 5.98. The molecule has 2 rings (SSSR count). The van der Waals surface area contributed by atoms with Gasteiger partial charge in [-0.25, -0.2) is 0 Å². The standard InChI is InChI=1S/C21H33Cl/c1-3-21(22)16-10-17(2)9-11-18-12-14-20(15-13-18)19-7-5-4-6-8-19/h3,10,16,18-20H,2,4-9,11-15H2,1H3/b16-10-,21-3+. The molecule has 2 fully saturated rings. The average Bonchev–Trinajstić information content (AvgIpc) is 2.59. The highest BCUT2D eigenvalue weighted by atomic mass is 35.5. The van der Waals surface area contributed by atoms with E-state index in [1.54, 1.807) is 0 Å². The predicted molar refractivity (Wildman–Crippen MR) is 99.1 cm³/mol. The molecule has 22 heavy (non-hydrogen) atoms. The van der Waals surface area contributed by atoms with E-state index in [0.717, 1.165) is 29.2 Å². The molecule has 2 saturated carbocycles. The van der Waals surface area contributed by atoms with Crippen molar-refractivity contribution in [2.24, 2.45) is 17.8 Å². The molecule has 0 amide bonds. The summed E-state index contributed by atoms with van der Waals surface area (Å²) in [4.78, 5) is 0. The van der Waals surface area contributed by atoms with Gasteiger partial charge in [0.15, 0.2) is 0 Å². The first-order chi connectivity index (χ1) is 10.7. The first kappa shape index (κ1) is 17.9. The zero-order valence-electron chi connectivity index (χ0n) is 14.3. The number of allylic oxidation sites excluding steroid dienone is 5. The highest BCUT2D eigenvalue weighted by Crippen LogP contribution is 2.41. The van der Waals surface area contributed by atoms with Gasteiger partial charge >= 0.3 is 0 Å². The molecule has 0 unspecified atom stereocenters. The summed E-state index contributed by atoms with van der Waals surface area (Å²) in [5.74, 6) is 3.05. The van der Waals surface area contributed by atoms with E-state index in [0.29, 0.717) is 0 Å². The van der Waals surface area contributed by atoms with Gasteiger partial charge < -0.3 is 0 Å². The molecule has 0 saturated heterocycles. The third kappa shape index (κ3) is 5.95. The van der Waals surface area contributed by atoms with Crippen LogP contribution in [0.4, 0.5) is 0 Å². The SMILES string of the molecule is C=C(/C=C\C(Cl)=C/C)CCC1CCC(C2CCCCC2)CC1. The van der Waals surface area contributed by atoms with Crippen LogP contribution in [-0.4, -0.2) is 0 Å². The van der Waals surface area contributed by atoms with Gasteiger partial charge in [-0.15, -0.1) is 0 Å². The lowest BCUT2D eigenvalue weighted by Crippen LogP contribution is -2.23. The van der Waals surface area contributed by atoms with E-state index in [2.05, 4.69) is 12.7 Å². The third-order valence-corrected chi connectivity index (χ3v) is 6.18. The topological polar surface area (TPSA) is 0 Å². The van der Waals surface area contributed by atoms with Gasteiger partial charge in [-0.3, -0.25) is 0 Å². The van der Waals surface area contributed by atoms with E-state index in [1.165, 1.54) is 69.8 Å². The number of rotatable bonds is 6. The van der Waals surface area contributed by atoms with Gasteiger partial charge in [0.1, 0.15) is 0 Å². The molecule has 0 aromatic heterocycles. The molecule has 0 aromatic rings. The van der Waals surface area contributed by atoms with Crippen LogP contribution in [0.25, 0.3) is 0 Å². The Morgan fingerprint density at radius 1 is 0.955 bits per heavy atom. The molecular formula is C21H33Cl. The van der Waals surface area contributed by atoms with Crippen molar-refractivity contribution in [3.63, 3.8) is 0 Å². The van der Waals surface area contributed by atoms with Gasteiger partial charge in [0.25, 0.3) is 0 Å². The fraction of sp³-hybridized carbons (Fsp3) is 0.714. The summed E-state index contributed by atoms with van der Waals surface area (Å²) in [5.41, 5.74) is 1.22. The molecule has 0 atom stereocenters. The maximum absolute atomic E-state index is 5.98. The largest absolute Gasteiger partial charge is 0.0958 e. The van der Waals surface area contributed by atoms with Gasteiger partial charge in [-0.2, -0.15) is 0 Å². The summed E-state index contributed by atoms with van der Waals surface area (Å²) in [7, 11) is 0. The van der Waals surface area contributed by atoms with E-state index in [4.69, 9.17) is 11.6 Å². The summed E-state index contributed by atoms with van der Waals surface area (Å²) >= 11 is 5.98. The van der Waals surface area contributed by atoms with Gasteiger partial charge in [-0.1, -0.05) is 80.9 Å². The monoisotopic (exact) mass is 320 g/mol. The minimum absolute atomic E-state index is 0.800. The van der Waals surface area contributed by atoms with E-state index in [9.17, 15) is 0 Å². The molecule has 2 aliphatic rings. The molecule has 0 bridgehead atoms. The van der Waals surface area contributed by atoms with Crippen molar-refractivity contribution >= 4 is 11.6 Å². The van der Waals surface area contributed by atoms with E-state index in [-0.39, 0.29) is 0 Å². The first-order valence-corrected chi connectivity index (χ1v) is 9.74. The second kappa shape index (κ2) is 9.60. The van der Waals surface area contributed by atoms with Gasteiger partial charge in [0, 0.05) is 5.03 Å². The predicted octanol–water partition coefficient (Wildman–Crippen LogP) is 7.41. The smallest absolute Gasteiger partial charge is 0.0363 e. The molecule has 0 heterocycles. The van der Waals surface area contributed by atoms with Crippen LogP contribution in [0.1, 0.15) is 77.6 Å². The molecular weight excluding hydrogens is 288 g/mol. The van der Waals surface area contributed by atoms with Crippen molar-refractivity contribution in [3.05, 3.63) is 35.4 Å². The summed E-state index contributed by atoms with van der Waals surface area (Å²) in [6.07, 6.45) is 21.8. The van der Waals surface area contributed by atoms with E-state index >= 15 is 0 Å². The van der Waals surface area contributed by atoms with Crippen LogP contribution in [0.3, 0.4) is 0 Å². The van der Waals surface area contributed by atoms with E-state index in [1.807, 2.05) is 19.1 Å². The lowest BCUT2D eigenvalue weighted by atomic mass is 9.70. The molecule has 0 aromatic carbocycles. The van der Waals surface area contributed by atoms with Crippen LogP contribution in [-0.2, 0) is 0 Å². The Bertz CT molecular complexity index is 390. The van der Waals surface area contributed by atoms with Crippen LogP contribution in [0.5, 0.6) is 0 Å². The number of hydrogen-bond acceptors (Lipinski definition) is 0.